The van der Waals surface area contributed by atoms with Crippen molar-refractivity contribution < 1.29 is 18.8 Å². The van der Waals surface area contributed by atoms with Crippen LogP contribution >= 0.6 is 0 Å². The van der Waals surface area contributed by atoms with E-state index in [-0.39, 0.29) is 18.6 Å². The van der Waals surface area contributed by atoms with E-state index in [9.17, 15) is 4.79 Å². The summed E-state index contributed by atoms with van der Waals surface area (Å²) in [6.45, 7) is 2.69. The Morgan fingerprint density at radius 1 is 1.32 bits per heavy atom. The number of amides is 1. The Morgan fingerprint density at radius 2 is 2.18 bits per heavy atom. The normalized spacial score (nSPS) is 21.1. The van der Waals surface area contributed by atoms with E-state index in [2.05, 4.69) is 25.3 Å². The highest BCUT2D eigenvalue weighted by Gasteiger charge is 2.36. The van der Waals surface area contributed by atoms with Crippen LogP contribution in [0.1, 0.15) is 37.6 Å². The van der Waals surface area contributed by atoms with Crippen LogP contribution in [-0.4, -0.2) is 65.4 Å². The third kappa shape index (κ3) is 4.21. The lowest BCUT2D eigenvalue weighted by Crippen LogP contribution is -2.39. The van der Waals surface area contributed by atoms with E-state index >= 15 is 0 Å². The zero-order valence-electron chi connectivity index (χ0n) is 16.0. The minimum atomic E-state index is -0.251. The van der Waals surface area contributed by atoms with Crippen molar-refractivity contribution in [1.29, 1.82) is 0 Å². The molecule has 1 atom stereocenters. The van der Waals surface area contributed by atoms with Gasteiger partial charge >= 0.3 is 0 Å². The first-order valence-corrected chi connectivity index (χ1v) is 9.67. The van der Waals surface area contributed by atoms with E-state index < -0.39 is 0 Å². The standard InChI is InChI=1S/C19H25N5O4/c1-26-12-17(25)21-16-5-4-13(11-20-16)18-22-19(28-23-18)15-3-2-8-24(15)14-6-9-27-10-7-14/h4-5,11,14-15H,2-3,6-10,12H2,1H3,(H,20,21,25). The Hall–Kier alpha value is -2.36. The Balaban J connectivity index is 1.44. The summed E-state index contributed by atoms with van der Waals surface area (Å²) in [5.74, 6) is 1.38. The molecule has 0 aliphatic carbocycles. The number of methoxy groups -OCH3 is 1. The number of ether oxygens (including phenoxy) is 2. The van der Waals surface area contributed by atoms with Crippen LogP contribution < -0.4 is 5.32 Å². The molecule has 0 saturated carbocycles. The third-order valence-electron chi connectivity index (χ3n) is 5.25. The Kier molecular flexibility index (Phi) is 5.94. The van der Waals surface area contributed by atoms with Crippen molar-refractivity contribution in [3.05, 3.63) is 24.2 Å². The van der Waals surface area contributed by atoms with E-state index in [4.69, 9.17) is 14.0 Å². The summed E-state index contributed by atoms with van der Waals surface area (Å²) in [6.07, 6.45) is 5.90. The van der Waals surface area contributed by atoms with Crippen molar-refractivity contribution in [2.45, 2.75) is 37.8 Å². The molecule has 9 heteroatoms. The average Bonchev–Trinajstić information content (AvgIpc) is 3.39. The molecule has 1 N–H and O–H groups in total. The van der Waals surface area contributed by atoms with Crippen molar-refractivity contribution in [2.24, 2.45) is 0 Å². The summed E-state index contributed by atoms with van der Waals surface area (Å²) in [5, 5.41) is 6.80. The van der Waals surface area contributed by atoms with Gasteiger partial charge in [-0.25, -0.2) is 4.98 Å². The molecule has 0 aromatic carbocycles. The number of nitrogens with one attached hydrogen (secondary N) is 1. The molecule has 1 amide bonds. The molecule has 4 rings (SSSR count). The highest BCUT2D eigenvalue weighted by molar-refractivity contribution is 5.90. The number of anilines is 1. The molecule has 9 nitrogen and oxygen atoms in total. The van der Waals surface area contributed by atoms with Crippen molar-refractivity contribution in [3.63, 3.8) is 0 Å². The monoisotopic (exact) mass is 387 g/mol. The fraction of sp³-hybridized carbons (Fsp3) is 0.579. The van der Waals surface area contributed by atoms with Gasteiger partial charge in [0, 0.05) is 38.1 Å². The molecule has 2 saturated heterocycles. The summed E-state index contributed by atoms with van der Waals surface area (Å²) in [4.78, 5) is 22.9. The number of hydrogen-bond donors (Lipinski definition) is 1. The van der Waals surface area contributed by atoms with Gasteiger partial charge in [-0.3, -0.25) is 9.69 Å². The maximum Gasteiger partial charge on any atom is 0.251 e. The Morgan fingerprint density at radius 3 is 2.93 bits per heavy atom. The van der Waals surface area contributed by atoms with Gasteiger partial charge in [-0.15, -0.1) is 0 Å². The first kappa shape index (κ1) is 19.0. The number of carbonyl (C=O) groups is 1. The van der Waals surface area contributed by atoms with Gasteiger partial charge < -0.3 is 19.3 Å². The molecule has 0 bridgehead atoms. The molecule has 1 unspecified atom stereocenters. The van der Waals surface area contributed by atoms with Crippen LogP contribution in [-0.2, 0) is 14.3 Å². The Labute approximate surface area is 163 Å². The molecule has 2 fully saturated rings. The number of pyridine rings is 1. The number of aromatic nitrogens is 3. The second kappa shape index (κ2) is 8.76. The maximum absolute atomic E-state index is 11.6. The molecule has 0 radical (unpaired) electrons. The number of likely N-dealkylation sites (tertiary alicyclic amines) is 1. The minimum absolute atomic E-state index is 0.0113. The van der Waals surface area contributed by atoms with Gasteiger partial charge in [0.15, 0.2) is 0 Å². The quantitative estimate of drug-likeness (QED) is 0.803. The van der Waals surface area contributed by atoms with Crippen LogP contribution in [0.2, 0.25) is 0 Å². The van der Waals surface area contributed by atoms with Crippen molar-refractivity contribution in [3.8, 4) is 11.4 Å². The van der Waals surface area contributed by atoms with Crippen LogP contribution in [0.5, 0.6) is 0 Å². The lowest BCUT2D eigenvalue weighted by molar-refractivity contribution is -0.119. The average molecular weight is 387 g/mol. The van der Waals surface area contributed by atoms with Gasteiger partial charge in [-0.05, 0) is 44.4 Å². The van der Waals surface area contributed by atoms with Crippen LogP contribution in [0.3, 0.4) is 0 Å². The molecule has 2 aromatic rings. The summed E-state index contributed by atoms with van der Waals surface area (Å²) < 4.78 is 15.9. The predicted octanol–water partition coefficient (Wildman–Crippen LogP) is 2.03. The minimum Gasteiger partial charge on any atom is -0.381 e. The van der Waals surface area contributed by atoms with Gasteiger partial charge in [0.1, 0.15) is 12.4 Å². The number of rotatable bonds is 6. The van der Waals surface area contributed by atoms with E-state index in [1.165, 1.54) is 7.11 Å². The summed E-state index contributed by atoms with van der Waals surface area (Å²) in [6, 6.07) is 4.22. The molecule has 2 aliphatic rings. The van der Waals surface area contributed by atoms with Crippen LogP contribution in [0.15, 0.2) is 22.9 Å². The Bertz CT molecular complexity index is 788. The molecular formula is C19H25N5O4. The smallest absolute Gasteiger partial charge is 0.251 e. The van der Waals surface area contributed by atoms with Crippen molar-refractivity contribution >= 4 is 11.7 Å². The molecule has 150 valence electrons. The highest BCUT2D eigenvalue weighted by Crippen LogP contribution is 2.35. The van der Waals surface area contributed by atoms with Gasteiger partial charge in [0.25, 0.3) is 5.91 Å². The summed E-state index contributed by atoms with van der Waals surface area (Å²) in [7, 11) is 1.47. The SMILES string of the molecule is COCC(=O)Nc1ccc(-c2noc(C3CCCN3C3CCOCC3)n2)cn1. The van der Waals surface area contributed by atoms with Crippen molar-refractivity contribution in [2.75, 3.05) is 38.8 Å². The summed E-state index contributed by atoms with van der Waals surface area (Å²) >= 11 is 0. The van der Waals surface area contributed by atoms with Gasteiger partial charge in [0.2, 0.25) is 11.7 Å². The second-order valence-electron chi connectivity index (χ2n) is 7.11. The third-order valence-corrected chi connectivity index (χ3v) is 5.25. The molecule has 2 aromatic heterocycles. The number of hydrogen-bond acceptors (Lipinski definition) is 8. The lowest BCUT2D eigenvalue weighted by atomic mass is 10.1. The topological polar surface area (TPSA) is 103 Å². The maximum atomic E-state index is 11.6. The zero-order valence-corrected chi connectivity index (χ0v) is 16.0. The predicted molar refractivity (Wildman–Crippen MR) is 101 cm³/mol. The summed E-state index contributed by atoms with van der Waals surface area (Å²) in [5.41, 5.74) is 0.746. The number of carbonyl (C=O) groups excluding carboxylic acids is 1. The van der Waals surface area contributed by atoms with E-state index in [1.807, 2.05) is 6.07 Å². The van der Waals surface area contributed by atoms with Crippen LogP contribution in [0, 0.1) is 0 Å². The van der Waals surface area contributed by atoms with Crippen LogP contribution in [0.4, 0.5) is 5.82 Å². The highest BCUT2D eigenvalue weighted by atomic mass is 16.5. The molecular weight excluding hydrogens is 362 g/mol. The molecule has 0 spiro atoms. The molecule has 4 heterocycles. The first-order chi connectivity index (χ1) is 13.7. The van der Waals surface area contributed by atoms with Gasteiger partial charge in [-0.1, -0.05) is 5.16 Å². The molecule has 28 heavy (non-hydrogen) atoms. The van der Waals surface area contributed by atoms with Crippen molar-refractivity contribution in [1.82, 2.24) is 20.0 Å². The first-order valence-electron chi connectivity index (χ1n) is 9.67. The zero-order chi connectivity index (χ0) is 19.3. The van der Waals surface area contributed by atoms with Gasteiger partial charge in [0.05, 0.1) is 6.04 Å². The fourth-order valence-electron chi connectivity index (χ4n) is 3.91. The molecule has 2 aliphatic heterocycles. The number of nitrogens with zero attached hydrogens (tertiary/aromatic N) is 4. The van der Waals surface area contributed by atoms with E-state index in [0.717, 1.165) is 51.0 Å². The fourth-order valence-corrected chi connectivity index (χ4v) is 3.91. The lowest BCUT2D eigenvalue weighted by Gasteiger charge is -2.33. The van der Waals surface area contributed by atoms with Crippen LogP contribution in [0.25, 0.3) is 11.4 Å². The second-order valence-corrected chi connectivity index (χ2v) is 7.11. The van der Waals surface area contributed by atoms with E-state index in [1.54, 1.807) is 12.3 Å². The largest absolute Gasteiger partial charge is 0.381 e. The van der Waals surface area contributed by atoms with Gasteiger partial charge in [-0.2, -0.15) is 4.98 Å². The van der Waals surface area contributed by atoms with E-state index in [0.29, 0.717) is 23.6 Å².